The molecule has 1 unspecified atom stereocenters. The molecule has 0 saturated heterocycles. The predicted octanol–water partition coefficient (Wildman–Crippen LogP) is 7.44. The highest BCUT2D eigenvalue weighted by molar-refractivity contribution is 4.94. The second-order valence-electron chi connectivity index (χ2n) is 8.81. The van der Waals surface area contributed by atoms with Crippen LogP contribution in [-0.2, 0) is 28.4 Å². The van der Waals surface area contributed by atoms with Gasteiger partial charge in [-0.15, -0.1) is 0 Å². The van der Waals surface area contributed by atoms with Gasteiger partial charge in [0.2, 0.25) is 0 Å². The van der Waals surface area contributed by atoms with Gasteiger partial charge in [0.05, 0.1) is 19.8 Å². The molecule has 0 aliphatic heterocycles. The minimum Gasteiger partial charge on any atom is -0.327 e. The van der Waals surface area contributed by atoms with Crippen LogP contribution >= 0.6 is 0 Å². The lowest BCUT2D eigenvalue weighted by atomic mass is 9.78. The number of rotatable bonds is 24. The van der Waals surface area contributed by atoms with Crippen molar-refractivity contribution in [3.63, 3.8) is 0 Å². The average molecular weight is 477 g/mol. The molecule has 0 spiro atoms. The lowest BCUT2D eigenvalue weighted by molar-refractivity contribution is -0.523. The minimum atomic E-state index is -1.34. The molecule has 0 aromatic rings. The van der Waals surface area contributed by atoms with Gasteiger partial charge in [-0.2, -0.15) is 0 Å². The minimum absolute atomic E-state index is 0.442. The third-order valence-electron chi connectivity index (χ3n) is 5.87. The van der Waals surface area contributed by atoms with Gasteiger partial charge in [-0.3, -0.25) is 0 Å². The van der Waals surface area contributed by atoms with Crippen molar-refractivity contribution in [2.24, 2.45) is 5.41 Å². The summed E-state index contributed by atoms with van der Waals surface area (Å²) in [5, 5.41) is 0. The summed E-state index contributed by atoms with van der Waals surface area (Å²) in [6, 6.07) is 0. The van der Waals surface area contributed by atoms with Gasteiger partial charge in [0.15, 0.2) is 0 Å². The Hall–Kier alpha value is -0.240. The first-order valence-electron chi connectivity index (χ1n) is 13.8. The molecule has 6 heteroatoms. The van der Waals surface area contributed by atoms with Crippen molar-refractivity contribution in [1.29, 1.82) is 0 Å². The smallest absolute Gasteiger partial charge is 0.296 e. The Balaban J connectivity index is 6.45. The number of hydrogen-bond donors (Lipinski definition) is 0. The van der Waals surface area contributed by atoms with Gasteiger partial charge in [-0.1, -0.05) is 66.2 Å². The summed E-state index contributed by atoms with van der Waals surface area (Å²) in [5.41, 5.74) is -0.855. The topological polar surface area (TPSA) is 55.4 Å². The van der Waals surface area contributed by atoms with Crippen LogP contribution in [-0.4, -0.2) is 51.6 Å². The first-order chi connectivity index (χ1) is 15.9. The van der Waals surface area contributed by atoms with E-state index in [0.717, 1.165) is 38.5 Å². The highest BCUT2D eigenvalue weighted by atomic mass is 16.9. The van der Waals surface area contributed by atoms with Crippen molar-refractivity contribution in [3.8, 4) is 0 Å². The van der Waals surface area contributed by atoms with E-state index in [0.29, 0.717) is 39.6 Å². The fraction of sp³-hybridized carbons (Fsp3) is 1.00. The molecule has 0 aromatic heterocycles. The van der Waals surface area contributed by atoms with Crippen molar-refractivity contribution in [3.05, 3.63) is 0 Å². The SMILES string of the molecule is CCCCCCCCC(C)(C(OCC)(OCC)OCC)C(OCCC)(OCCC)OCCC. The maximum Gasteiger partial charge on any atom is 0.296 e. The van der Waals surface area contributed by atoms with E-state index in [-0.39, 0.29) is 0 Å². The summed E-state index contributed by atoms with van der Waals surface area (Å²) in [7, 11) is 0. The van der Waals surface area contributed by atoms with E-state index in [4.69, 9.17) is 28.4 Å². The molecule has 0 bridgehead atoms. The molecule has 0 N–H and O–H groups in total. The van der Waals surface area contributed by atoms with Crippen LogP contribution in [0.3, 0.4) is 0 Å². The summed E-state index contributed by atoms with van der Waals surface area (Å²) >= 11 is 0. The standard InChI is InChI=1S/C27H56O6/c1-9-16-17-18-19-20-21-25(8,26(28-13-5,29-14-6)30-15-7)27(31-22-10-2,32-23-11-3)33-24-12-4/h9-24H2,1-8H3. The molecule has 6 nitrogen and oxygen atoms in total. The van der Waals surface area contributed by atoms with Gasteiger partial charge in [0, 0.05) is 19.8 Å². The van der Waals surface area contributed by atoms with Crippen molar-refractivity contribution in [1.82, 2.24) is 0 Å². The Kier molecular flexibility index (Phi) is 18.9. The molecule has 0 fully saturated rings. The van der Waals surface area contributed by atoms with Crippen molar-refractivity contribution in [2.45, 2.75) is 132 Å². The van der Waals surface area contributed by atoms with Gasteiger partial charge in [-0.25, -0.2) is 0 Å². The summed E-state index contributed by atoms with van der Waals surface area (Å²) < 4.78 is 38.5. The summed E-state index contributed by atoms with van der Waals surface area (Å²) in [6.45, 7) is 19.4. The number of unbranched alkanes of at least 4 members (excludes halogenated alkanes) is 5. The first kappa shape index (κ1) is 32.8. The molecule has 1 atom stereocenters. The van der Waals surface area contributed by atoms with Crippen LogP contribution in [0.25, 0.3) is 0 Å². The lowest BCUT2D eigenvalue weighted by Crippen LogP contribution is -2.67. The molecular formula is C27H56O6. The maximum atomic E-state index is 6.50. The van der Waals surface area contributed by atoms with Crippen molar-refractivity contribution < 1.29 is 28.4 Å². The number of hydrogen-bond acceptors (Lipinski definition) is 6. The first-order valence-corrected chi connectivity index (χ1v) is 13.8. The molecule has 33 heavy (non-hydrogen) atoms. The fourth-order valence-electron chi connectivity index (χ4n) is 4.24. The summed E-state index contributed by atoms with van der Waals surface area (Å²) in [5.74, 6) is -2.68. The van der Waals surface area contributed by atoms with Crippen LogP contribution in [0.4, 0.5) is 0 Å². The van der Waals surface area contributed by atoms with E-state index in [1.54, 1.807) is 0 Å². The molecule has 0 aliphatic rings. The highest BCUT2D eigenvalue weighted by Gasteiger charge is 2.67. The van der Waals surface area contributed by atoms with Crippen molar-refractivity contribution in [2.75, 3.05) is 39.6 Å². The molecule has 0 aliphatic carbocycles. The second-order valence-corrected chi connectivity index (χ2v) is 8.81. The Labute approximate surface area is 205 Å². The zero-order valence-electron chi connectivity index (χ0n) is 23.3. The Bertz CT molecular complexity index is 406. The zero-order chi connectivity index (χ0) is 25.1. The average Bonchev–Trinajstić information content (AvgIpc) is 2.81. The van der Waals surface area contributed by atoms with Gasteiger partial charge in [-0.05, 0) is 53.4 Å². The quantitative estimate of drug-likeness (QED) is 0.107. The van der Waals surface area contributed by atoms with Crippen molar-refractivity contribution >= 4 is 0 Å². The molecule has 0 heterocycles. The zero-order valence-corrected chi connectivity index (χ0v) is 23.3. The van der Waals surface area contributed by atoms with Gasteiger partial charge >= 0.3 is 0 Å². The van der Waals surface area contributed by atoms with Gasteiger partial charge < -0.3 is 28.4 Å². The molecule has 0 saturated carbocycles. The van der Waals surface area contributed by atoms with E-state index >= 15 is 0 Å². The molecule has 0 amide bonds. The molecular weight excluding hydrogens is 420 g/mol. The van der Waals surface area contributed by atoms with Crippen LogP contribution in [0.2, 0.25) is 0 Å². The predicted molar refractivity (Wildman–Crippen MR) is 135 cm³/mol. The summed E-state index contributed by atoms with van der Waals surface area (Å²) in [4.78, 5) is 0. The largest absolute Gasteiger partial charge is 0.327 e. The van der Waals surface area contributed by atoms with E-state index in [1.165, 1.54) is 25.7 Å². The van der Waals surface area contributed by atoms with Crippen LogP contribution in [0.5, 0.6) is 0 Å². The van der Waals surface area contributed by atoms with Crippen LogP contribution < -0.4 is 0 Å². The Morgan fingerprint density at radius 1 is 0.424 bits per heavy atom. The molecule has 0 aromatic carbocycles. The third-order valence-corrected chi connectivity index (χ3v) is 5.87. The van der Waals surface area contributed by atoms with Crippen LogP contribution in [0, 0.1) is 5.41 Å². The molecule has 0 rings (SSSR count). The van der Waals surface area contributed by atoms with E-state index < -0.39 is 17.4 Å². The number of ether oxygens (including phenoxy) is 6. The van der Waals surface area contributed by atoms with Gasteiger partial charge in [0.25, 0.3) is 11.9 Å². The fourth-order valence-corrected chi connectivity index (χ4v) is 4.24. The second kappa shape index (κ2) is 19.0. The Morgan fingerprint density at radius 2 is 0.788 bits per heavy atom. The lowest BCUT2D eigenvalue weighted by Gasteiger charge is -2.54. The van der Waals surface area contributed by atoms with Gasteiger partial charge in [0.1, 0.15) is 5.41 Å². The van der Waals surface area contributed by atoms with E-state index in [9.17, 15) is 0 Å². The molecule has 0 radical (unpaired) electrons. The van der Waals surface area contributed by atoms with E-state index in [2.05, 4.69) is 34.6 Å². The monoisotopic (exact) mass is 476 g/mol. The third kappa shape index (κ3) is 9.73. The maximum absolute atomic E-state index is 6.50. The van der Waals surface area contributed by atoms with Crippen LogP contribution in [0.1, 0.15) is 120 Å². The highest BCUT2D eigenvalue weighted by Crippen LogP contribution is 2.52. The van der Waals surface area contributed by atoms with Crippen LogP contribution in [0.15, 0.2) is 0 Å². The molecule has 200 valence electrons. The Morgan fingerprint density at radius 3 is 1.15 bits per heavy atom. The summed E-state index contributed by atoms with van der Waals surface area (Å²) in [6.07, 6.45) is 10.4. The van der Waals surface area contributed by atoms with E-state index in [1.807, 2.05) is 20.8 Å². The normalized spacial score (nSPS) is 14.5.